The van der Waals surface area contributed by atoms with Gasteiger partial charge in [-0.1, -0.05) is 0 Å². The molecule has 0 saturated carbocycles. The number of halogens is 2. The second-order valence-corrected chi connectivity index (χ2v) is 19.6. The summed E-state index contributed by atoms with van der Waals surface area (Å²) in [5.74, 6) is -1.46. The molecule has 0 unspecified atom stereocenters. The van der Waals surface area contributed by atoms with Gasteiger partial charge in [-0.15, -0.1) is 0 Å². The summed E-state index contributed by atoms with van der Waals surface area (Å²) in [7, 11) is 0. The first kappa shape index (κ1) is 14.0. The molecule has 0 N–H and O–H groups in total. The number of rotatable bonds is 0. The zero-order valence-electron chi connectivity index (χ0n) is 13.1. The molecular weight excluding hydrogens is 397 g/mol. The van der Waals surface area contributed by atoms with E-state index in [9.17, 15) is 8.78 Å². The van der Waals surface area contributed by atoms with Crippen molar-refractivity contribution in [2.75, 3.05) is 0 Å². The summed E-state index contributed by atoms with van der Waals surface area (Å²) in [6.45, 7) is 0. The molecule has 0 atom stereocenters. The van der Waals surface area contributed by atoms with Crippen LogP contribution in [0.25, 0.3) is 21.9 Å². The molecule has 0 radical (unpaired) electrons. The van der Waals surface area contributed by atoms with Crippen molar-refractivity contribution < 1.29 is 8.78 Å². The van der Waals surface area contributed by atoms with Crippen LogP contribution in [0.3, 0.4) is 0 Å². The van der Waals surface area contributed by atoms with E-state index in [0.29, 0.717) is 0 Å². The molecule has 114 valence electrons. The van der Waals surface area contributed by atoms with Gasteiger partial charge in [-0.2, -0.15) is 0 Å². The van der Waals surface area contributed by atoms with Gasteiger partial charge in [0.05, 0.1) is 0 Å². The fourth-order valence-electron chi connectivity index (χ4n) is 4.51. The molecule has 0 bridgehead atoms. The number of fused-ring (bicyclic) bond motifs is 2. The standard InChI is InChI=1S/C18H10F2.2CH3.Sn/c19-16-9-7-13(10-17(16)20)14-8-6-12-5-4-11-2-1-3-15(14)18(11)12;;;/h1-2,6,8-10H,4-5H2;2*1H3;. The van der Waals surface area contributed by atoms with Gasteiger partial charge in [0.15, 0.2) is 0 Å². The fraction of sp³-hybridized carbons (Fsp3) is 0.200. The van der Waals surface area contributed by atoms with Crippen LogP contribution in [0.5, 0.6) is 0 Å². The monoisotopic (exact) mass is 414 g/mol. The molecular formula is C20H16F2Sn. The van der Waals surface area contributed by atoms with Crippen molar-refractivity contribution in [1.82, 2.24) is 0 Å². The summed E-state index contributed by atoms with van der Waals surface area (Å²) in [6, 6.07) is 11.7. The molecule has 5 rings (SSSR count). The summed E-state index contributed by atoms with van der Waals surface area (Å²) < 4.78 is 30.4. The van der Waals surface area contributed by atoms with Gasteiger partial charge in [0.25, 0.3) is 0 Å². The quantitative estimate of drug-likeness (QED) is 0.489. The summed E-state index contributed by atoms with van der Waals surface area (Å²) in [6.07, 6.45) is 2.19. The Balaban J connectivity index is 2.03. The summed E-state index contributed by atoms with van der Waals surface area (Å²) >= 11 is -2.91. The van der Waals surface area contributed by atoms with Crippen LogP contribution in [0.4, 0.5) is 8.78 Å². The van der Waals surface area contributed by atoms with E-state index < -0.39 is 30.0 Å². The SMILES string of the molecule is [CH3][Sn]1([CH3])[c]2cc(F)c(F)cc2-c2ccc3c4c(cc[c]1c24)CC3. The molecule has 0 saturated heterocycles. The summed E-state index contributed by atoms with van der Waals surface area (Å²) in [5, 5.41) is 2.72. The van der Waals surface area contributed by atoms with Gasteiger partial charge in [-0.3, -0.25) is 0 Å². The maximum absolute atomic E-state index is 13.9. The minimum absolute atomic E-state index is 0.717. The van der Waals surface area contributed by atoms with Crippen LogP contribution in [-0.2, 0) is 12.8 Å². The second kappa shape index (κ2) is 4.35. The average molecular weight is 413 g/mol. The zero-order chi connectivity index (χ0) is 15.9. The third-order valence-corrected chi connectivity index (χ3v) is 15.8. The number of benzene rings is 3. The molecule has 0 nitrogen and oxygen atoms in total. The number of aryl methyl sites for hydroxylation is 2. The topological polar surface area (TPSA) is 0 Å². The molecule has 0 aromatic heterocycles. The molecule has 3 aromatic rings. The Bertz CT molecular complexity index is 1010. The second-order valence-electron chi connectivity index (χ2n) is 7.23. The van der Waals surface area contributed by atoms with E-state index >= 15 is 0 Å². The number of hydrogen-bond acceptors (Lipinski definition) is 0. The van der Waals surface area contributed by atoms with Crippen LogP contribution in [0, 0.1) is 11.6 Å². The Morgan fingerprint density at radius 2 is 1.39 bits per heavy atom. The van der Waals surface area contributed by atoms with Crippen molar-refractivity contribution in [3.63, 3.8) is 0 Å². The molecule has 2 aliphatic rings. The fourth-order valence-corrected chi connectivity index (χ4v) is 13.2. The number of hydrogen-bond donors (Lipinski definition) is 0. The van der Waals surface area contributed by atoms with Crippen LogP contribution >= 0.6 is 0 Å². The van der Waals surface area contributed by atoms with Gasteiger partial charge < -0.3 is 0 Å². The van der Waals surface area contributed by atoms with Crippen LogP contribution in [0.15, 0.2) is 36.4 Å². The first-order valence-electron chi connectivity index (χ1n) is 8.06. The van der Waals surface area contributed by atoms with Gasteiger partial charge in [0, 0.05) is 0 Å². The van der Waals surface area contributed by atoms with Gasteiger partial charge in [-0.05, 0) is 0 Å². The van der Waals surface area contributed by atoms with E-state index in [1.807, 2.05) is 0 Å². The van der Waals surface area contributed by atoms with Gasteiger partial charge >= 0.3 is 138 Å². The van der Waals surface area contributed by atoms with E-state index in [4.69, 9.17) is 0 Å². The van der Waals surface area contributed by atoms with Crippen molar-refractivity contribution in [2.24, 2.45) is 0 Å². The van der Waals surface area contributed by atoms with Crippen molar-refractivity contribution in [3.8, 4) is 11.1 Å². The van der Waals surface area contributed by atoms with Gasteiger partial charge in [0.2, 0.25) is 0 Å². The Morgan fingerprint density at radius 3 is 2.13 bits per heavy atom. The predicted octanol–water partition coefficient (Wildman–Crippen LogP) is 4.02. The maximum atomic E-state index is 13.9. The van der Waals surface area contributed by atoms with Crippen molar-refractivity contribution in [3.05, 3.63) is 59.2 Å². The van der Waals surface area contributed by atoms with Crippen molar-refractivity contribution >= 4 is 36.3 Å². The van der Waals surface area contributed by atoms with Crippen LogP contribution in [0.1, 0.15) is 11.1 Å². The van der Waals surface area contributed by atoms with Crippen LogP contribution in [0.2, 0.25) is 9.88 Å². The van der Waals surface area contributed by atoms with Gasteiger partial charge in [0.1, 0.15) is 0 Å². The summed E-state index contributed by atoms with van der Waals surface area (Å²) in [4.78, 5) is 4.62. The first-order valence-corrected chi connectivity index (χ1v) is 16.6. The molecule has 3 heteroatoms. The Morgan fingerprint density at radius 1 is 0.739 bits per heavy atom. The zero-order valence-corrected chi connectivity index (χ0v) is 16.0. The van der Waals surface area contributed by atoms with Crippen LogP contribution < -0.4 is 7.16 Å². The van der Waals surface area contributed by atoms with Gasteiger partial charge in [-0.25, -0.2) is 0 Å². The summed E-state index contributed by atoms with van der Waals surface area (Å²) in [5.41, 5.74) is 4.84. The molecule has 0 fully saturated rings. The van der Waals surface area contributed by atoms with E-state index in [0.717, 1.165) is 27.5 Å². The molecule has 3 aromatic carbocycles. The molecule has 0 spiro atoms. The molecule has 23 heavy (non-hydrogen) atoms. The Kier molecular flexibility index (Phi) is 2.64. The predicted molar refractivity (Wildman–Crippen MR) is 93.5 cm³/mol. The Labute approximate surface area is 138 Å². The molecule has 1 aliphatic carbocycles. The normalized spacial score (nSPS) is 16.7. The average Bonchev–Trinajstić information content (AvgIpc) is 2.94. The molecule has 1 heterocycles. The first-order chi connectivity index (χ1) is 11.0. The van der Waals surface area contributed by atoms with E-state index in [1.165, 1.54) is 37.6 Å². The third-order valence-electron chi connectivity index (χ3n) is 5.69. The Hall–Kier alpha value is -1.42. The van der Waals surface area contributed by atoms with Crippen molar-refractivity contribution in [1.29, 1.82) is 0 Å². The van der Waals surface area contributed by atoms with Crippen LogP contribution in [-0.4, -0.2) is 18.4 Å². The molecule has 1 aliphatic heterocycles. The van der Waals surface area contributed by atoms with Crippen molar-refractivity contribution in [2.45, 2.75) is 22.7 Å². The molecule has 0 amide bonds. The van der Waals surface area contributed by atoms with E-state index in [2.05, 4.69) is 34.1 Å². The van der Waals surface area contributed by atoms with E-state index in [-0.39, 0.29) is 0 Å². The van der Waals surface area contributed by atoms with E-state index in [1.54, 1.807) is 0 Å². The third kappa shape index (κ3) is 1.65. The minimum atomic E-state index is -2.91.